The van der Waals surface area contributed by atoms with Gasteiger partial charge in [-0.05, 0) is 30.2 Å². The number of amides is 4. The van der Waals surface area contributed by atoms with E-state index >= 15 is 0 Å². The first kappa shape index (κ1) is 16.6. The first-order chi connectivity index (χ1) is 12.5. The Labute approximate surface area is 150 Å². The quantitative estimate of drug-likeness (QED) is 0.448. The zero-order valence-corrected chi connectivity index (χ0v) is 14.2. The Hall–Kier alpha value is -2.87. The van der Waals surface area contributed by atoms with E-state index in [1.807, 2.05) is 11.0 Å². The highest BCUT2D eigenvalue weighted by Gasteiger charge is 2.62. The highest BCUT2D eigenvalue weighted by molar-refractivity contribution is 6.20. The summed E-state index contributed by atoms with van der Waals surface area (Å²) in [6, 6.07) is 4.30. The number of benzene rings is 1. The van der Waals surface area contributed by atoms with Crippen LogP contribution in [0.2, 0.25) is 0 Å². The van der Waals surface area contributed by atoms with Gasteiger partial charge in [-0.2, -0.15) is 0 Å². The van der Waals surface area contributed by atoms with Gasteiger partial charge >= 0.3 is 6.03 Å². The van der Waals surface area contributed by atoms with Crippen molar-refractivity contribution in [1.82, 2.24) is 10.2 Å². The molecule has 3 heterocycles. The fraction of sp³-hybridized carbons (Fsp3) is 0.389. The lowest BCUT2D eigenvalue weighted by molar-refractivity contribution is -0.155. The Kier molecular flexibility index (Phi) is 3.73. The van der Waals surface area contributed by atoms with E-state index < -0.39 is 29.3 Å². The van der Waals surface area contributed by atoms with E-state index in [4.69, 9.17) is 10.5 Å². The first-order valence-electron chi connectivity index (χ1n) is 8.50. The molecule has 1 aromatic carbocycles. The number of fused-ring (bicyclic) bond motifs is 4. The molecule has 0 radical (unpaired) electrons. The molecule has 2 atom stereocenters. The van der Waals surface area contributed by atoms with Crippen molar-refractivity contribution >= 4 is 29.2 Å². The van der Waals surface area contributed by atoms with E-state index in [0.29, 0.717) is 18.8 Å². The van der Waals surface area contributed by atoms with Crippen LogP contribution in [-0.4, -0.2) is 55.1 Å². The summed E-state index contributed by atoms with van der Waals surface area (Å²) in [6.07, 6.45) is 1.63. The fourth-order valence-electron chi connectivity index (χ4n) is 4.20. The first-order valence-corrected chi connectivity index (χ1v) is 8.50. The molecule has 136 valence electrons. The highest BCUT2D eigenvalue weighted by Crippen LogP contribution is 2.45. The van der Waals surface area contributed by atoms with E-state index in [-0.39, 0.29) is 19.6 Å². The van der Waals surface area contributed by atoms with Crippen molar-refractivity contribution in [3.05, 3.63) is 36.4 Å². The van der Waals surface area contributed by atoms with E-state index in [0.717, 1.165) is 16.2 Å². The summed E-state index contributed by atoms with van der Waals surface area (Å²) in [5.74, 6) is -1.10. The van der Waals surface area contributed by atoms with Gasteiger partial charge in [0.2, 0.25) is 11.8 Å². The molecule has 3 aliphatic heterocycles. The number of nitrogen functional groups attached to an aromatic ring is 1. The van der Waals surface area contributed by atoms with Crippen LogP contribution in [0.4, 0.5) is 16.2 Å². The molecule has 3 aliphatic rings. The number of hydrogen-bond acceptors (Lipinski definition) is 6. The largest absolute Gasteiger partial charge is 0.399 e. The summed E-state index contributed by atoms with van der Waals surface area (Å²) in [5.41, 5.74) is 6.83. The maximum atomic E-state index is 13.3. The van der Waals surface area contributed by atoms with Crippen LogP contribution in [0.3, 0.4) is 0 Å². The minimum absolute atomic E-state index is 0.0387. The lowest BCUT2D eigenvalue weighted by Crippen LogP contribution is -2.73. The van der Waals surface area contributed by atoms with E-state index in [1.54, 1.807) is 12.1 Å². The molecule has 26 heavy (non-hydrogen) atoms. The number of anilines is 2. The molecule has 4 rings (SSSR count). The van der Waals surface area contributed by atoms with Crippen LogP contribution in [0.25, 0.3) is 0 Å². The van der Waals surface area contributed by atoms with Crippen molar-refractivity contribution in [3.8, 4) is 0 Å². The molecule has 1 spiro atoms. The summed E-state index contributed by atoms with van der Waals surface area (Å²) in [4.78, 5) is 41.5. The van der Waals surface area contributed by atoms with Gasteiger partial charge in [-0.1, -0.05) is 6.08 Å². The second-order valence-corrected chi connectivity index (χ2v) is 6.78. The molecule has 4 amide bonds. The summed E-state index contributed by atoms with van der Waals surface area (Å²) in [7, 11) is 0. The number of nitrogens with zero attached hydrogens (tertiary/aromatic N) is 2. The number of morpholine rings is 1. The normalized spacial score (nSPS) is 27.8. The van der Waals surface area contributed by atoms with Crippen molar-refractivity contribution < 1.29 is 19.1 Å². The minimum Gasteiger partial charge on any atom is -0.399 e. The lowest BCUT2D eigenvalue weighted by Gasteiger charge is -2.53. The predicted molar refractivity (Wildman–Crippen MR) is 94.4 cm³/mol. The van der Waals surface area contributed by atoms with Gasteiger partial charge in [0.05, 0.1) is 19.3 Å². The summed E-state index contributed by atoms with van der Waals surface area (Å²) in [5, 5.41) is 2.35. The molecular formula is C18H20N4O4. The summed E-state index contributed by atoms with van der Waals surface area (Å²) < 4.78 is 5.60. The van der Waals surface area contributed by atoms with Crippen molar-refractivity contribution in [1.29, 1.82) is 0 Å². The number of nitrogens with two attached hydrogens (primary N) is 1. The Morgan fingerprint density at radius 2 is 2.19 bits per heavy atom. The molecular weight excluding hydrogens is 336 g/mol. The monoisotopic (exact) mass is 356 g/mol. The second-order valence-electron chi connectivity index (χ2n) is 6.78. The number of nitrogens with one attached hydrogen (secondary N) is 1. The minimum atomic E-state index is -1.43. The number of imide groups is 2. The molecule has 8 nitrogen and oxygen atoms in total. The number of urea groups is 1. The maximum absolute atomic E-state index is 13.3. The number of carbonyl (C=O) groups excluding carboxylic acids is 3. The number of ether oxygens (including phenoxy) is 1. The van der Waals surface area contributed by atoms with Crippen LogP contribution in [0.15, 0.2) is 30.9 Å². The van der Waals surface area contributed by atoms with Crippen LogP contribution in [0.5, 0.6) is 0 Å². The number of hydrogen-bond donors (Lipinski definition) is 2. The molecule has 0 aromatic heterocycles. The molecule has 0 saturated carbocycles. The van der Waals surface area contributed by atoms with Crippen molar-refractivity contribution in [2.75, 3.05) is 36.9 Å². The third kappa shape index (κ3) is 2.15. The van der Waals surface area contributed by atoms with Crippen molar-refractivity contribution in [2.45, 2.75) is 12.5 Å². The predicted octanol–water partition coefficient (Wildman–Crippen LogP) is 0.281. The third-order valence-electron chi connectivity index (χ3n) is 5.39. The average Bonchev–Trinajstić information content (AvgIpc) is 2.63. The van der Waals surface area contributed by atoms with Gasteiger partial charge in [0.1, 0.15) is 0 Å². The van der Waals surface area contributed by atoms with Crippen molar-refractivity contribution in [2.24, 2.45) is 5.41 Å². The number of rotatable bonds is 2. The van der Waals surface area contributed by atoms with Gasteiger partial charge in [-0.25, -0.2) is 4.79 Å². The zero-order chi connectivity index (χ0) is 18.5. The molecule has 0 aliphatic carbocycles. The van der Waals surface area contributed by atoms with Crippen LogP contribution in [-0.2, 0) is 20.7 Å². The molecule has 0 bridgehead atoms. The smallest absolute Gasteiger partial charge is 0.331 e. The van der Waals surface area contributed by atoms with Gasteiger partial charge < -0.3 is 15.4 Å². The Morgan fingerprint density at radius 1 is 1.38 bits per heavy atom. The average molecular weight is 356 g/mol. The van der Waals surface area contributed by atoms with Gasteiger partial charge in [0.15, 0.2) is 5.41 Å². The molecule has 2 fully saturated rings. The molecule has 3 N–H and O–H groups in total. The van der Waals surface area contributed by atoms with Crippen molar-refractivity contribution in [3.63, 3.8) is 0 Å². The molecule has 1 unspecified atom stereocenters. The standard InChI is InChI=1S/C18H20N4O4/c1-2-5-22-16(24)18(15(23)20-17(22)25)9-11-8-12(19)3-4-13(11)21-6-7-26-10-14(18)21/h2-4,8,14H,1,5-7,9-10,19H2,(H,20,23,25)/t14?,18-/m1/s1. The second kappa shape index (κ2) is 5.84. The van der Waals surface area contributed by atoms with E-state index in [9.17, 15) is 14.4 Å². The van der Waals surface area contributed by atoms with E-state index in [2.05, 4.69) is 11.9 Å². The summed E-state index contributed by atoms with van der Waals surface area (Å²) in [6.45, 7) is 4.93. The molecule has 1 aromatic rings. The van der Waals surface area contributed by atoms with E-state index in [1.165, 1.54) is 6.08 Å². The number of carbonyl (C=O) groups is 3. The van der Waals surface area contributed by atoms with Gasteiger partial charge in [-0.3, -0.25) is 19.8 Å². The third-order valence-corrected chi connectivity index (χ3v) is 5.39. The maximum Gasteiger partial charge on any atom is 0.331 e. The molecule has 8 heteroatoms. The number of barbiturate groups is 1. The van der Waals surface area contributed by atoms with Gasteiger partial charge in [-0.15, -0.1) is 6.58 Å². The SMILES string of the molecule is C=CCN1C(=O)NC(=O)[C@]2(Cc3cc(N)ccc3N3CCOCC32)C1=O. The van der Waals surface area contributed by atoms with Gasteiger partial charge in [0.25, 0.3) is 0 Å². The Morgan fingerprint density at radius 3 is 2.96 bits per heavy atom. The van der Waals surface area contributed by atoms with Crippen LogP contribution >= 0.6 is 0 Å². The lowest BCUT2D eigenvalue weighted by atomic mass is 9.68. The van der Waals surface area contributed by atoms with Gasteiger partial charge in [0, 0.05) is 24.5 Å². The zero-order valence-electron chi connectivity index (χ0n) is 14.2. The Bertz CT molecular complexity index is 823. The Balaban J connectivity index is 1.88. The fourth-order valence-corrected chi connectivity index (χ4v) is 4.20. The van der Waals surface area contributed by atoms with Crippen LogP contribution in [0.1, 0.15) is 5.56 Å². The molecule has 2 saturated heterocycles. The van der Waals surface area contributed by atoms with Crippen LogP contribution < -0.4 is 16.0 Å². The van der Waals surface area contributed by atoms with Crippen LogP contribution in [0, 0.1) is 5.41 Å². The topological polar surface area (TPSA) is 105 Å². The summed E-state index contributed by atoms with van der Waals surface area (Å²) >= 11 is 0. The highest BCUT2D eigenvalue weighted by atomic mass is 16.5.